The van der Waals surface area contributed by atoms with Crippen molar-refractivity contribution in [3.63, 3.8) is 0 Å². The number of aliphatic hydroxyl groups is 1. The van der Waals surface area contributed by atoms with Crippen LogP contribution in [-0.4, -0.2) is 17.8 Å². The van der Waals surface area contributed by atoms with Crippen molar-refractivity contribution in [3.05, 3.63) is 35.4 Å². The predicted octanol–water partition coefficient (Wildman–Crippen LogP) is 1.28. The lowest BCUT2D eigenvalue weighted by molar-refractivity contribution is 0.265. The highest BCUT2D eigenvalue weighted by Crippen LogP contribution is 2.08. The van der Waals surface area contributed by atoms with Crippen molar-refractivity contribution in [2.24, 2.45) is 5.73 Å². The highest BCUT2D eigenvalue weighted by Gasteiger charge is 2.03. The molecule has 0 fully saturated rings. The van der Waals surface area contributed by atoms with Gasteiger partial charge in [0.1, 0.15) is 0 Å². The Morgan fingerprint density at radius 3 is 2.54 bits per heavy atom. The Kier molecular flexibility index (Phi) is 5.71. The van der Waals surface area contributed by atoms with Crippen molar-refractivity contribution in [2.75, 3.05) is 6.61 Å². The molecule has 0 radical (unpaired) electrons. The monoisotopic (exact) mass is 201 g/mol. The van der Waals surface area contributed by atoms with Crippen LogP contribution >= 0.6 is 12.4 Å². The van der Waals surface area contributed by atoms with Crippen LogP contribution in [0.15, 0.2) is 24.3 Å². The molecule has 0 heterocycles. The van der Waals surface area contributed by atoms with Crippen molar-refractivity contribution in [2.45, 2.75) is 19.4 Å². The summed E-state index contributed by atoms with van der Waals surface area (Å²) in [5, 5.41) is 8.76. The molecule has 2 nitrogen and oxygen atoms in total. The fraction of sp³-hybridized carbons (Fsp3) is 0.400. The highest BCUT2D eigenvalue weighted by atomic mass is 35.5. The fourth-order valence-electron chi connectivity index (χ4n) is 1.19. The molecule has 1 aromatic carbocycles. The van der Waals surface area contributed by atoms with Gasteiger partial charge >= 0.3 is 0 Å². The quantitative estimate of drug-likeness (QED) is 0.774. The molecule has 0 saturated heterocycles. The zero-order valence-electron chi connectivity index (χ0n) is 7.73. The standard InChI is InChI=1S/C10H15NO.ClH/c1-8-4-2-3-5-9(8)6-10(11)7-12;/h2-5,10,12H,6-7,11H2,1H3;1H/t10-;/m0./s1. The Morgan fingerprint density at radius 1 is 1.38 bits per heavy atom. The number of hydrogen-bond donors (Lipinski definition) is 2. The molecular weight excluding hydrogens is 186 g/mol. The van der Waals surface area contributed by atoms with Crippen LogP contribution in [-0.2, 0) is 6.42 Å². The van der Waals surface area contributed by atoms with Gasteiger partial charge in [-0.05, 0) is 24.5 Å². The number of aryl methyl sites for hydroxylation is 1. The third-order valence-electron chi connectivity index (χ3n) is 1.98. The Labute approximate surface area is 85.2 Å². The SMILES string of the molecule is Cc1ccccc1C[C@H](N)CO.Cl. The third kappa shape index (κ3) is 3.77. The van der Waals surface area contributed by atoms with E-state index in [-0.39, 0.29) is 25.1 Å². The minimum Gasteiger partial charge on any atom is -0.395 e. The number of rotatable bonds is 3. The van der Waals surface area contributed by atoms with E-state index in [1.807, 2.05) is 18.2 Å². The largest absolute Gasteiger partial charge is 0.395 e. The Balaban J connectivity index is 0.00000144. The minimum atomic E-state index is -0.133. The first-order valence-corrected chi connectivity index (χ1v) is 4.15. The van der Waals surface area contributed by atoms with Gasteiger partial charge in [-0.3, -0.25) is 0 Å². The molecule has 3 heteroatoms. The van der Waals surface area contributed by atoms with Crippen LogP contribution in [0.5, 0.6) is 0 Å². The van der Waals surface area contributed by atoms with Gasteiger partial charge in [0, 0.05) is 6.04 Å². The summed E-state index contributed by atoms with van der Waals surface area (Å²) >= 11 is 0. The lowest BCUT2D eigenvalue weighted by atomic mass is 10.0. The summed E-state index contributed by atoms with van der Waals surface area (Å²) in [6.07, 6.45) is 0.753. The number of nitrogens with two attached hydrogens (primary N) is 1. The highest BCUT2D eigenvalue weighted by molar-refractivity contribution is 5.85. The Morgan fingerprint density at radius 2 is 2.00 bits per heavy atom. The Bertz CT molecular complexity index is 252. The minimum absolute atomic E-state index is 0. The van der Waals surface area contributed by atoms with E-state index >= 15 is 0 Å². The zero-order valence-corrected chi connectivity index (χ0v) is 8.55. The molecule has 1 aromatic rings. The van der Waals surface area contributed by atoms with Gasteiger partial charge in [-0.15, -0.1) is 12.4 Å². The van der Waals surface area contributed by atoms with E-state index in [4.69, 9.17) is 10.8 Å². The van der Waals surface area contributed by atoms with Crippen molar-refractivity contribution >= 4 is 12.4 Å². The maximum atomic E-state index is 8.76. The number of benzene rings is 1. The molecule has 1 rings (SSSR count). The van der Waals surface area contributed by atoms with Gasteiger partial charge in [-0.25, -0.2) is 0 Å². The summed E-state index contributed by atoms with van der Waals surface area (Å²) in [6, 6.07) is 7.96. The molecule has 0 saturated carbocycles. The average Bonchev–Trinajstić information content (AvgIpc) is 2.09. The molecule has 0 unspecified atom stereocenters. The lowest BCUT2D eigenvalue weighted by Gasteiger charge is -2.09. The van der Waals surface area contributed by atoms with E-state index in [9.17, 15) is 0 Å². The van der Waals surface area contributed by atoms with Crippen molar-refractivity contribution in [3.8, 4) is 0 Å². The number of halogens is 1. The van der Waals surface area contributed by atoms with Crippen LogP contribution in [0.25, 0.3) is 0 Å². The van der Waals surface area contributed by atoms with Gasteiger partial charge in [-0.1, -0.05) is 24.3 Å². The maximum absolute atomic E-state index is 8.76. The average molecular weight is 202 g/mol. The normalized spacial score (nSPS) is 11.9. The Hall–Kier alpha value is -0.570. The van der Waals surface area contributed by atoms with Crippen LogP contribution in [0.1, 0.15) is 11.1 Å². The second kappa shape index (κ2) is 5.97. The van der Waals surface area contributed by atoms with Gasteiger partial charge < -0.3 is 10.8 Å². The van der Waals surface area contributed by atoms with Crippen LogP contribution in [0.2, 0.25) is 0 Å². The van der Waals surface area contributed by atoms with E-state index in [0.717, 1.165) is 6.42 Å². The van der Waals surface area contributed by atoms with Crippen molar-refractivity contribution in [1.29, 1.82) is 0 Å². The molecule has 0 amide bonds. The smallest absolute Gasteiger partial charge is 0.0585 e. The third-order valence-corrected chi connectivity index (χ3v) is 1.98. The van der Waals surface area contributed by atoms with Crippen LogP contribution in [0, 0.1) is 6.92 Å². The molecule has 0 bridgehead atoms. The summed E-state index contributed by atoms with van der Waals surface area (Å²) in [5.41, 5.74) is 8.08. The van der Waals surface area contributed by atoms with Gasteiger partial charge in [0.25, 0.3) is 0 Å². The van der Waals surface area contributed by atoms with Crippen molar-refractivity contribution in [1.82, 2.24) is 0 Å². The molecule has 0 aromatic heterocycles. The van der Waals surface area contributed by atoms with E-state index in [2.05, 4.69) is 13.0 Å². The molecule has 0 aliphatic rings. The van der Waals surface area contributed by atoms with Crippen LogP contribution < -0.4 is 5.73 Å². The lowest BCUT2D eigenvalue weighted by Crippen LogP contribution is -2.27. The molecule has 3 N–H and O–H groups in total. The first kappa shape index (κ1) is 12.4. The van der Waals surface area contributed by atoms with Crippen molar-refractivity contribution < 1.29 is 5.11 Å². The first-order valence-electron chi connectivity index (χ1n) is 4.15. The first-order chi connectivity index (χ1) is 5.74. The van der Waals surface area contributed by atoms with E-state index in [1.54, 1.807) is 0 Å². The summed E-state index contributed by atoms with van der Waals surface area (Å²) in [5.74, 6) is 0. The maximum Gasteiger partial charge on any atom is 0.0585 e. The van der Waals surface area contributed by atoms with E-state index in [0.29, 0.717) is 0 Å². The summed E-state index contributed by atoms with van der Waals surface area (Å²) in [6.45, 7) is 2.10. The second-order valence-electron chi connectivity index (χ2n) is 3.07. The number of hydrogen-bond acceptors (Lipinski definition) is 2. The summed E-state index contributed by atoms with van der Waals surface area (Å²) in [4.78, 5) is 0. The zero-order chi connectivity index (χ0) is 8.97. The van der Waals surface area contributed by atoms with Crippen LogP contribution in [0.4, 0.5) is 0 Å². The van der Waals surface area contributed by atoms with Gasteiger partial charge in [0.15, 0.2) is 0 Å². The molecule has 0 aliphatic carbocycles. The number of aliphatic hydroxyl groups excluding tert-OH is 1. The topological polar surface area (TPSA) is 46.2 Å². The summed E-state index contributed by atoms with van der Waals surface area (Å²) < 4.78 is 0. The van der Waals surface area contributed by atoms with Gasteiger partial charge in [0.2, 0.25) is 0 Å². The van der Waals surface area contributed by atoms with E-state index in [1.165, 1.54) is 11.1 Å². The predicted molar refractivity (Wildman–Crippen MR) is 57.2 cm³/mol. The molecule has 74 valence electrons. The molecule has 1 atom stereocenters. The molecule has 0 spiro atoms. The van der Waals surface area contributed by atoms with Gasteiger partial charge in [0.05, 0.1) is 6.61 Å². The second-order valence-corrected chi connectivity index (χ2v) is 3.07. The van der Waals surface area contributed by atoms with Gasteiger partial charge in [-0.2, -0.15) is 0 Å². The fourth-order valence-corrected chi connectivity index (χ4v) is 1.19. The molecular formula is C10H16ClNO. The molecule has 13 heavy (non-hydrogen) atoms. The van der Waals surface area contributed by atoms with E-state index < -0.39 is 0 Å². The summed E-state index contributed by atoms with van der Waals surface area (Å²) in [7, 11) is 0. The van der Waals surface area contributed by atoms with Crippen LogP contribution in [0.3, 0.4) is 0 Å². The molecule has 0 aliphatic heterocycles.